The molecule has 1 fully saturated rings. The van der Waals surface area contributed by atoms with Gasteiger partial charge >= 0.3 is 0 Å². The van der Waals surface area contributed by atoms with Gasteiger partial charge in [0.25, 0.3) is 0 Å². The van der Waals surface area contributed by atoms with Gasteiger partial charge in [0.2, 0.25) is 21.8 Å². The van der Waals surface area contributed by atoms with E-state index in [2.05, 4.69) is 32.3 Å². The topological polar surface area (TPSA) is 120 Å². The lowest BCUT2D eigenvalue weighted by molar-refractivity contribution is -0.613. The summed E-state index contributed by atoms with van der Waals surface area (Å²) in [5.41, 5.74) is 4.12. The summed E-state index contributed by atoms with van der Waals surface area (Å²) >= 11 is 0. The monoisotopic (exact) mass is 487 g/mol. The van der Waals surface area contributed by atoms with Crippen LogP contribution < -0.4 is 20.8 Å². The maximum atomic E-state index is 12.8. The van der Waals surface area contributed by atoms with Crippen LogP contribution in [0.4, 0.5) is 0 Å². The van der Waals surface area contributed by atoms with Crippen LogP contribution in [0.15, 0.2) is 57.3 Å². The number of amides is 1. The molecule has 10 heteroatoms. The number of carbonyl (C=O) groups is 1. The third-order valence-corrected chi connectivity index (χ3v) is 8.14. The number of nitrogens with one attached hydrogen (secondary N) is 3. The van der Waals surface area contributed by atoms with E-state index in [4.69, 9.17) is 0 Å². The molecule has 0 saturated carbocycles. The predicted octanol–water partition coefficient (Wildman–Crippen LogP) is 0.397. The van der Waals surface area contributed by atoms with Crippen molar-refractivity contribution in [1.82, 2.24) is 20.3 Å². The van der Waals surface area contributed by atoms with Gasteiger partial charge in [-0.05, 0) is 68.6 Å². The molecule has 184 valence electrons. The molecule has 1 aromatic carbocycles. The number of likely N-dealkylation sites (tertiary alicyclic amines) is 1. The molecular weight excluding hydrogens is 452 g/mol. The number of dihydropyridines is 1. The number of allylic oxidation sites excluding steroid dienone is 2. The van der Waals surface area contributed by atoms with Gasteiger partial charge in [0.15, 0.2) is 0 Å². The van der Waals surface area contributed by atoms with Crippen molar-refractivity contribution in [2.45, 2.75) is 44.0 Å². The first-order chi connectivity index (χ1) is 16.4. The van der Waals surface area contributed by atoms with E-state index in [-0.39, 0.29) is 10.8 Å². The first-order valence-electron chi connectivity index (χ1n) is 12.1. The van der Waals surface area contributed by atoms with E-state index in [0.29, 0.717) is 31.1 Å². The number of rotatable bonds is 8. The summed E-state index contributed by atoms with van der Waals surface area (Å²) in [5, 5.41) is 10.2. The molecule has 0 bridgehead atoms. The normalized spacial score (nSPS) is 21.3. The minimum Gasteiger partial charge on any atom is -0.348 e. The van der Waals surface area contributed by atoms with Crippen molar-refractivity contribution in [1.29, 1.82) is 0 Å². The van der Waals surface area contributed by atoms with E-state index in [1.807, 2.05) is 6.08 Å². The fourth-order valence-electron chi connectivity index (χ4n) is 4.48. The fraction of sp³-hybridized carbons (Fsp3) is 0.500. The molecule has 9 nitrogen and oxygen atoms in total. The minimum atomic E-state index is -3.56. The van der Waals surface area contributed by atoms with Crippen molar-refractivity contribution in [3.63, 3.8) is 0 Å². The lowest BCUT2D eigenvalue weighted by Gasteiger charge is -2.27. The molecule has 1 aromatic rings. The van der Waals surface area contributed by atoms with Crippen LogP contribution in [0.5, 0.6) is 0 Å². The Labute approximate surface area is 201 Å². The van der Waals surface area contributed by atoms with Gasteiger partial charge in [-0.15, -0.1) is 0 Å². The summed E-state index contributed by atoms with van der Waals surface area (Å²) < 4.78 is 28.4. The molecule has 5 N–H and O–H groups in total. The minimum absolute atomic E-state index is 0.154. The summed E-state index contributed by atoms with van der Waals surface area (Å²) in [5.74, 6) is 1.14. The molecule has 0 aromatic heterocycles. The maximum absolute atomic E-state index is 12.8. The van der Waals surface area contributed by atoms with Crippen LogP contribution in [0.2, 0.25) is 0 Å². The van der Waals surface area contributed by atoms with Crippen molar-refractivity contribution in [3.05, 3.63) is 52.9 Å². The van der Waals surface area contributed by atoms with Crippen LogP contribution in [0, 0.1) is 5.92 Å². The average molecular weight is 488 g/mol. The molecule has 0 unspecified atom stereocenters. The summed E-state index contributed by atoms with van der Waals surface area (Å²) in [4.78, 5) is 15.2. The molecule has 1 atom stereocenters. The highest BCUT2D eigenvalue weighted by Crippen LogP contribution is 2.18. The number of carbonyl (C=O) groups excluding carboxylic acids is 1. The number of nitrogens with zero attached hydrogens (tertiary/aromatic N) is 2. The SMILES string of the molecule is CCN1CCCC[C@H](CNS(=O)(=O)c2ccc(CNC(=O)C3=CC4=C(NC3)[NH2+]N=C4)cc2)CC1. The van der Waals surface area contributed by atoms with Crippen LogP contribution in [0.3, 0.4) is 0 Å². The molecule has 3 heterocycles. The smallest absolute Gasteiger partial charge is 0.249 e. The van der Waals surface area contributed by atoms with Crippen molar-refractivity contribution in [2.24, 2.45) is 11.0 Å². The summed E-state index contributed by atoms with van der Waals surface area (Å²) in [6.07, 6.45) is 7.96. The Morgan fingerprint density at radius 1 is 1.21 bits per heavy atom. The number of nitrogens with two attached hydrogens (primary N) is 1. The highest BCUT2D eigenvalue weighted by Gasteiger charge is 2.23. The zero-order chi connectivity index (χ0) is 24.0. The van der Waals surface area contributed by atoms with E-state index in [9.17, 15) is 13.2 Å². The molecule has 34 heavy (non-hydrogen) atoms. The van der Waals surface area contributed by atoms with Gasteiger partial charge < -0.3 is 15.5 Å². The van der Waals surface area contributed by atoms with Gasteiger partial charge in [0, 0.05) is 18.7 Å². The molecule has 0 spiro atoms. The van der Waals surface area contributed by atoms with Gasteiger partial charge in [0.05, 0.1) is 23.2 Å². The number of quaternary nitrogens is 1. The molecule has 1 saturated heterocycles. The Kier molecular flexibility index (Phi) is 8.15. The number of hydrogen-bond acceptors (Lipinski definition) is 6. The van der Waals surface area contributed by atoms with E-state index in [1.54, 1.807) is 35.9 Å². The zero-order valence-corrected chi connectivity index (χ0v) is 20.5. The molecule has 0 aliphatic carbocycles. The molecular formula is C24H35N6O3S+. The third kappa shape index (κ3) is 6.32. The molecule has 1 amide bonds. The lowest BCUT2D eigenvalue weighted by Crippen LogP contribution is -2.77. The van der Waals surface area contributed by atoms with Crippen molar-refractivity contribution >= 4 is 22.1 Å². The zero-order valence-electron chi connectivity index (χ0n) is 19.7. The summed E-state index contributed by atoms with van der Waals surface area (Å²) in [6.45, 7) is 6.64. The second kappa shape index (κ2) is 11.3. The van der Waals surface area contributed by atoms with Crippen LogP contribution in [0.25, 0.3) is 0 Å². The summed E-state index contributed by atoms with van der Waals surface area (Å²) in [7, 11) is -3.56. The summed E-state index contributed by atoms with van der Waals surface area (Å²) in [6, 6.07) is 6.70. The highest BCUT2D eigenvalue weighted by molar-refractivity contribution is 7.89. The molecule has 0 radical (unpaired) electrons. The number of sulfonamides is 1. The van der Waals surface area contributed by atoms with E-state index in [0.717, 1.165) is 55.9 Å². The number of hydrogen-bond donors (Lipinski definition) is 4. The first-order valence-corrected chi connectivity index (χ1v) is 13.6. The van der Waals surface area contributed by atoms with E-state index >= 15 is 0 Å². The van der Waals surface area contributed by atoms with Crippen molar-refractivity contribution < 1.29 is 18.6 Å². The highest BCUT2D eigenvalue weighted by atomic mass is 32.2. The lowest BCUT2D eigenvalue weighted by atomic mass is 9.96. The van der Waals surface area contributed by atoms with Gasteiger partial charge in [-0.25, -0.2) is 13.1 Å². The Hall–Kier alpha value is -2.53. The predicted molar refractivity (Wildman–Crippen MR) is 131 cm³/mol. The quantitative estimate of drug-likeness (QED) is 0.396. The number of benzene rings is 1. The maximum Gasteiger partial charge on any atom is 0.249 e. The van der Waals surface area contributed by atoms with Gasteiger partial charge in [0.1, 0.15) is 0 Å². The molecule has 4 rings (SSSR count). The largest absolute Gasteiger partial charge is 0.348 e. The Bertz CT molecular complexity index is 1080. The Balaban J connectivity index is 1.27. The molecule has 3 aliphatic rings. The van der Waals surface area contributed by atoms with Gasteiger partial charge in [-0.1, -0.05) is 30.6 Å². The van der Waals surface area contributed by atoms with E-state index in [1.165, 1.54) is 6.42 Å². The second-order valence-corrected chi connectivity index (χ2v) is 10.8. The Morgan fingerprint density at radius 3 is 2.82 bits per heavy atom. The second-order valence-electron chi connectivity index (χ2n) is 9.06. The van der Waals surface area contributed by atoms with E-state index < -0.39 is 10.0 Å². The standard InChI is InChI=1S/C24H34N6O3S/c1-2-30-11-4-3-5-18(10-12-30)15-28-34(32,33)22-8-6-19(7-9-22)14-26-24(31)21-13-20-17-27-29-23(20)25-16-21/h6-9,13,17-18,28H,2-5,10-12,14-16H2,1H3,(H,26,31)(H2,25,27,29)/p+1/t18-/m0/s1. The van der Waals surface area contributed by atoms with Crippen molar-refractivity contribution in [3.8, 4) is 0 Å². The average Bonchev–Trinajstić information content (AvgIpc) is 3.30. The fourth-order valence-corrected chi connectivity index (χ4v) is 5.59. The third-order valence-electron chi connectivity index (χ3n) is 6.71. The van der Waals surface area contributed by atoms with Crippen LogP contribution in [-0.2, 0) is 21.4 Å². The van der Waals surface area contributed by atoms with Crippen LogP contribution >= 0.6 is 0 Å². The van der Waals surface area contributed by atoms with Crippen LogP contribution in [-0.4, -0.2) is 58.2 Å². The first kappa shape index (κ1) is 24.6. The van der Waals surface area contributed by atoms with Gasteiger partial charge in [-0.3, -0.25) is 4.79 Å². The van der Waals surface area contributed by atoms with Crippen molar-refractivity contribution in [2.75, 3.05) is 32.7 Å². The Morgan fingerprint density at radius 2 is 2.03 bits per heavy atom. The van der Waals surface area contributed by atoms with Gasteiger partial charge in [-0.2, -0.15) is 5.43 Å². The van der Waals surface area contributed by atoms with Crippen LogP contribution in [0.1, 0.15) is 38.2 Å². The molecule has 3 aliphatic heterocycles.